The summed E-state index contributed by atoms with van der Waals surface area (Å²) < 4.78 is 11.1. The lowest BCUT2D eigenvalue weighted by molar-refractivity contribution is -0.118. The highest BCUT2D eigenvalue weighted by atomic mass is 79.9. The van der Waals surface area contributed by atoms with E-state index in [0.717, 1.165) is 4.47 Å². The predicted octanol–water partition coefficient (Wildman–Crippen LogP) is 3.50. The number of benzene rings is 2. The molecule has 8 heteroatoms. The molecule has 26 heavy (non-hydrogen) atoms. The number of ether oxygens (including phenoxy) is 2. The zero-order valence-corrected chi connectivity index (χ0v) is 16.4. The molecule has 138 valence electrons. The average molecular weight is 442 g/mol. The topological polar surface area (TPSA) is 76.7 Å². The molecule has 2 amide bonds. The molecule has 0 spiro atoms. The van der Waals surface area contributed by atoms with Crippen LogP contribution < -0.4 is 15.4 Å². The van der Waals surface area contributed by atoms with E-state index in [4.69, 9.17) is 21.1 Å². The standard InChI is InChI=1S/C18H18BrClN2O4/c1-25-9-8-21-18(24)13-4-2-3-5-15(13)22-17(23)11-26-16-7-6-12(19)10-14(16)20/h2-7,10H,8-9,11H2,1H3,(H,21,24)(H,22,23). The van der Waals surface area contributed by atoms with Crippen LogP contribution >= 0.6 is 27.5 Å². The second-order valence-corrected chi connectivity index (χ2v) is 6.53. The van der Waals surface area contributed by atoms with Gasteiger partial charge in [0.05, 0.1) is 22.9 Å². The van der Waals surface area contributed by atoms with E-state index in [1.807, 2.05) is 0 Å². The number of hydrogen-bond donors (Lipinski definition) is 2. The number of hydrogen-bond acceptors (Lipinski definition) is 4. The van der Waals surface area contributed by atoms with Crippen LogP contribution in [0.25, 0.3) is 0 Å². The molecule has 0 fully saturated rings. The van der Waals surface area contributed by atoms with Crippen LogP contribution in [0.2, 0.25) is 5.02 Å². The van der Waals surface area contributed by atoms with Crippen LogP contribution in [0.5, 0.6) is 5.75 Å². The predicted molar refractivity (Wildman–Crippen MR) is 104 cm³/mol. The third kappa shape index (κ3) is 6.01. The fourth-order valence-corrected chi connectivity index (χ4v) is 2.80. The molecule has 6 nitrogen and oxygen atoms in total. The molecule has 0 heterocycles. The molecule has 0 aliphatic carbocycles. The summed E-state index contributed by atoms with van der Waals surface area (Å²) in [6.07, 6.45) is 0. The van der Waals surface area contributed by atoms with E-state index in [0.29, 0.717) is 35.2 Å². The van der Waals surface area contributed by atoms with Gasteiger partial charge >= 0.3 is 0 Å². The first-order valence-electron chi connectivity index (χ1n) is 7.75. The summed E-state index contributed by atoms with van der Waals surface area (Å²) in [6, 6.07) is 11.8. The smallest absolute Gasteiger partial charge is 0.262 e. The van der Waals surface area contributed by atoms with Gasteiger partial charge in [-0.2, -0.15) is 0 Å². The van der Waals surface area contributed by atoms with Crippen molar-refractivity contribution < 1.29 is 19.1 Å². The summed E-state index contributed by atoms with van der Waals surface area (Å²) in [4.78, 5) is 24.4. The zero-order valence-electron chi connectivity index (χ0n) is 14.1. The number of halogens is 2. The maximum absolute atomic E-state index is 12.2. The summed E-state index contributed by atoms with van der Waals surface area (Å²) >= 11 is 9.35. The molecule has 0 aliphatic rings. The van der Waals surface area contributed by atoms with Gasteiger partial charge < -0.3 is 20.1 Å². The highest BCUT2D eigenvalue weighted by Crippen LogP contribution is 2.27. The van der Waals surface area contributed by atoms with Crippen molar-refractivity contribution in [2.24, 2.45) is 0 Å². The number of para-hydroxylation sites is 1. The molecule has 0 aliphatic heterocycles. The van der Waals surface area contributed by atoms with Crippen molar-refractivity contribution in [1.29, 1.82) is 0 Å². The van der Waals surface area contributed by atoms with E-state index >= 15 is 0 Å². The number of carbonyl (C=O) groups is 2. The third-order valence-electron chi connectivity index (χ3n) is 3.29. The average Bonchev–Trinajstić information content (AvgIpc) is 2.61. The molecule has 2 aromatic rings. The van der Waals surface area contributed by atoms with Crippen molar-refractivity contribution in [1.82, 2.24) is 5.32 Å². The van der Waals surface area contributed by atoms with Gasteiger partial charge in [-0.25, -0.2) is 0 Å². The molecule has 0 saturated heterocycles. The van der Waals surface area contributed by atoms with Crippen molar-refractivity contribution in [3.63, 3.8) is 0 Å². The summed E-state index contributed by atoms with van der Waals surface area (Å²) in [5, 5.41) is 5.78. The van der Waals surface area contributed by atoms with E-state index in [2.05, 4.69) is 26.6 Å². The molecule has 0 unspecified atom stereocenters. The van der Waals surface area contributed by atoms with E-state index in [1.165, 1.54) is 0 Å². The van der Waals surface area contributed by atoms with Crippen molar-refractivity contribution >= 4 is 45.0 Å². The van der Waals surface area contributed by atoms with Crippen LogP contribution in [0.3, 0.4) is 0 Å². The van der Waals surface area contributed by atoms with Crippen molar-refractivity contribution in [3.05, 3.63) is 57.5 Å². The lowest BCUT2D eigenvalue weighted by atomic mass is 10.1. The Morgan fingerprint density at radius 3 is 2.69 bits per heavy atom. The van der Waals surface area contributed by atoms with Crippen LogP contribution in [-0.4, -0.2) is 38.7 Å². The molecule has 0 atom stereocenters. The Labute approximate surface area is 164 Å². The highest BCUT2D eigenvalue weighted by molar-refractivity contribution is 9.10. The van der Waals surface area contributed by atoms with Gasteiger partial charge in [-0.1, -0.05) is 39.7 Å². The molecule has 2 N–H and O–H groups in total. The quantitative estimate of drug-likeness (QED) is 0.615. The van der Waals surface area contributed by atoms with Gasteiger partial charge in [-0.3, -0.25) is 9.59 Å². The summed E-state index contributed by atoms with van der Waals surface area (Å²) in [5.41, 5.74) is 0.761. The van der Waals surface area contributed by atoms with Gasteiger partial charge in [0, 0.05) is 18.1 Å². The second-order valence-electron chi connectivity index (χ2n) is 5.21. The summed E-state index contributed by atoms with van der Waals surface area (Å²) in [7, 11) is 1.55. The highest BCUT2D eigenvalue weighted by Gasteiger charge is 2.13. The SMILES string of the molecule is COCCNC(=O)c1ccccc1NC(=O)COc1ccc(Br)cc1Cl. The first-order chi connectivity index (χ1) is 12.5. The molecule has 2 aromatic carbocycles. The molecular weight excluding hydrogens is 424 g/mol. The fraction of sp³-hybridized carbons (Fsp3) is 0.222. The van der Waals surface area contributed by atoms with Crippen LogP contribution in [0, 0.1) is 0 Å². The monoisotopic (exact) mass is 440 g/mol. The van der Waals surface area contributed by atoms with Crippen molar-refractivity contribution in [2.75, 3.05) is 32.2 Å². The minimum Gasteiger partial charge on any atom is -0.482 e. The molecule has 0 saturated carbocycles. The molecule has 0 aromatic heterocycles. The van der Waals surface area contributed by atoms with Gasteiger partial charge in [0.2, 0.25) is 0 Å². The summed E-state index contributed by atoms with van der Waals surface area (Å²) in [5.74, 6) is -0.299. The lowest BCUT2D eigenvalue weighted by Gasteiger charge is -2.12. The number of methoxy groups -OCH3 is 1. The van der Waals surface area contributed by atoms with Gasteiger partial charge in [-0.15, -0.1) is 0 Å². The number of anilines is 1. The Kier molecular flexibility index (Phi) is 7.90. The van der Waals surface area contributed by atoms with Crippen molar-refractivity contribution in [3.8, 4) is 5.75 Å². The van der Waals surface area contributed by atoms with Gasteiger partial charge in [-0.05, 0) is 30.3 Å². The van der Waals surface area contributed by atoms with Crippen LogP contribution in [0.15, 0.2) is 46.9 Å². The second kappa shape index (κ2) is 10.2. The molecule has 2 rings (SSSR count). The normalized spacial score (nSPS) is 10.3. The minimum absolute atomic E-state index is 0.235. The molecular formula is C18H18BrClN2O4. The Hall–Kier alpha value is -2.09. The Morgan fingerprint density at radius 2 is 1.96 bits per heavy atom. The van der Waals surface area contributed by atoms with Gasteiger partial charge in [0.15, 0.2) is 6.61 Å². The lowest BCUT2D eigenvalue weighted by Crippen LogP contribution is -2.29. The largest absolute Gasteiger partial charge is 0.482 e. The molecule has 0 radical (unpaired) electrons. The maximum atomic E-state index is 12.2. The van der Waals surface area contributed by atoms with E-state index in [-0.39, 0.29) is 12.5 Å². The zero-order chi connectivity index (χ0) is 18.9. The van der Waals surface area contributed by atoms with E-state index in [9.17, 15) is 9.59 Å². The van der Waals surface area contributed by atoms with Crippen LogP contribution in [-0.2, 0) is 9.53 Å². The number of amides is 2. The van der Waals surface area contributed by atoms with Crippen LogP contribution in [0.1, 0.15) is 10.4 Å². The van der Waals surface area contributed by atoms with E-state index in [1.54, 1.807) is 49.6 Å². The first kappa shape index (κ1) is 20.2. The third-order valence-corrected chi connectivity index (χ3v) is 4.08. The number of rotatable bonds is 8. The van der Waals surface area contributed by atoms with Crippen molar-refractivity contribution in [2.45, 2.75) is 0 Å². The summed E-state index contributed by atoms with van der Waals surface area (Å²) in [6.45, 7) is 0.547. The minimum atomic E-state index is -0.402. The van der Waals surface area contributed by atoms with Crippen LogP contribution in [0.4, 0.5) is 5.69 Å². The Bertz CT molecular complexity index is 786. The van der Waals surface area contributed by atoms with E-state index < -0.39 is 5.91 Å². The number of nitrogens with one attached hydrogen (secondary N) is 2. The fourth-order valence-electron chi connectivity index (χ4n) is 2.07. The first-order valence-corrected chi connectivity index (χ1v) is 8.92. The van der Waals surface area contributed by atoms with Gasteiger partial charge in [0.25, 0.3) is 11.8 Å². The Balaban J connectivity index is 1.97. The van der Waals surface area contributed by atoms with Gasteiger partial charge in [0.1, 0.15) is 5.75 Å². The maximum Gasteiger partial charge on any atom is 0.262 e. The number of carbonyl (C=O) groups excluding carboxylic acids is 2. The Morgan fingerprint density at radius 1 is 1.19 bits per heavy atom. The molecule has 0 bridgehead atoms.